The zero-order valence-electron chi connectivity index (χ0n) is 17.3. The minimum absolute atomic E-state index is 0.0788. The smallest absolute Gasteiger partial charge is 0.123 e. The van der Waals surface area contributed by atoms with Gasteiger partial charge in [-0.05, 0) is 47.4 Å². The molecule has 0 radical (unpaired) electrons. The zero-order valence-corrected chi connectivity index (χ0v) is 17.3. The van der Waals surface area contributed by atoms with Crippen molar-refractivity contribution in [3.63, 3.8) is 0 Å². The maximum atomic E-state index is 6.12. The van der Waals surface area contributed by atoms with Gasteiger partial charge in [-0.2, -0.15) is 0 Å². The molecule has 0 aliphatic rings. The molecule has 2 aromatic carbocycles. The van der Waals surface area contributed by atoms with Crippen LogP contribution in [0.25, 0.3) is 0 Å². The molecule has 2 rings (SSSR count). The molecule has 0 aromatic heterocycles. The van der Waals surface area contributed by atoms with E-state index in [2.05, 4.69) is 59.7 Å². The van der Waals surface area contributed by atoms with E-state index in [0.717, 1.165) is 24.3 Å². The van der Waals surface area contributed by atoms with Crippen molar-refractivity contribution in [1.29, 1.82) is 0 Å². The predicted octanol–water partition coefficient (Wildman–Crippen LogP) is 6.52. The Morgan fingerprint density at radius 1 is 0.731 bits per heavy atom. The number of ether oxygens (including phenoxy) is 2. The molecule has 0 unspecified atom stereocenters. The van der Waals surface area contributed by atoms with Gasteiger partial charge >= 0.3 is 0 Å². The number of hydrogen-bond donors (Lipinski definition) is 0. The average molecular weight is 355 g/mol. The lowest BCUT2D eigenvalue weighted by molar-refractivity contribution is 0.213. The lowest BCUT2D eigenvalue weighted by Crippen LogP contribution is -2.22. The highest BCUT2D eigenvalue weighted by Gasteiger charge is 2.26. The van der Waals surface area contributed by atoms with Crippen LogP contribution in [0, 0.1) is 0 Å². The third kappa shape index (κ3) is 5.03. The molecule has 0 saturated carbocycles. The summed E-state index contributed by atoms with van der Waals surface area (Å²) in [6, 6.07) is 16.6. The Morgan fingerprint density at radius 3 is 1.96 bits per heavy atom. The molecule has 2 nitrogen and oxygen atoms in total. The average Bonchev–Trinajstić information content (AvgIpc) is 2.66. The molecule has 0 aliphatic heterocycles. The van der Waals surface area contributed by atoms with Crippen molar-refractivity contribution in [1.82, 2.24) is 0 Å². The summed E-state index contributed by atoms with van der Waals surface area (Å²) in [7, 11) is 0. The van der Waals surface area contributed by atoms with Gasteiger partial charge in [-0.25, -0.2) is 0 Å². The van der Waals surface area contributed by atoms with Crippen LogP contribution in [-0.4, -0.2) is 13.2 Å². The van der Waals surface area contributed by atoms with E-state index in [-0.39, 0.29) is 10.8 Å². The van der Waals surface area contributed by atoms with Gasteiger partial charge in [0.05, 0.1) is 0 Å². The Morgan fingerprint density at radius 2 is 1.35 bits per heavy atom. The highest BCUT2D eigenvalue weighted by Crippen LogP contribution is 2.38. The van der Waals surface area contributed by atoms with Crippen molar-refractivity contribution in [2.45, 2.75) is 65.2 Å². The van der Waals surface area contributed by atoms with Crippen LogP contribution >= 0.6 is 0 Å². The molecule has 2 heteroatoms. The number of hydrogen-bond acceptors (Lipinski definition) is 2. The van der Waals surface area contributed by atoms with Gasteiger partial charge < -0.3 is 9.47 Å². The second-order valence-corrected chi connectivity index (χ2v) is 8.20. The first-order valence-corrected chi connectivity index (χ1v) is 9.76. The Hall–Kier alpha value is -1.96. The topological polar surface area (TPSA) is 18.5 Å². The molecule has 0 saturated heterocycles. The lowest BCUT2D eigenvalue weighted by Gasteiger charge is -2.30. The number of para-hydroxylation sites is 1. The Labute approximate surface area is 159 Å². The number of benzene rings is 2. The minimum Gasteiger partial charge on any atom is -0.490 e. The van der Waals surface area contributed by atoms with Gasteiger partial charge in [0.2, 0.25) is 0 Å². The van der Waals surface area contributed by atoms with Crippen molar-refractivity contribution < 1.29 is 9.47 Å². The standard InChI is InChI=1S/C24H34O2/c1-7-23(3,4)19-14-15-22(21(18-19)24(5,6)8-2)26-17-16-25-20-12-10-9-11-13-20/h9-15,18H,7-8,16-17H2,1-6H3. The quantitative estimate of drug-likeness (QED) is 0.477. The normalized spacial score (nSPS) is 12.1. The van der Waals surface area contributed by atoms with E-state index in [9.17, 15) is 0 Å². The van der Waals surface area contributed by atoms with E-state index < -0.39 is 0 Å². The Kier molecular flexibility index (Phi) is 6.75. The fourth-order valence-corrected chi connectivity index (χ4v) is 2.83. The van der Waals surface area contributed by atoms with Gasteiger partial charge in [0, 0.05) is 5.56 Å². The van der Waals surface area contributed by atoms with E-state index in [0.29, 0.717) is 13.2 Å². The summed E-state index contributed by atoms with van der Waals surface area (Å²) >= 11 is 0. The van der Waals surface area contributed by atoms with Gasteiger partial charge in [-0.3, -0.25) is 0 Å². The molecule has 0 atom stereocenters. The second-order valence-electron chi connectivity index (χ2n) is 8.20. The minimum atomic E-state index is 0.0788. The summed E-state index contributed by atoms with van der Waals surface area (Å²) in [5, 5.41) is 0. The predicted molar refractivity (Wildman–Crippen MR) is 111 cm³/mol. The van der Waals surface area contributed by atoms with E-state index in [1.807, 2.05) is 30.3 Å². The van der Waals surface area contributed by atoms with Crippen LogP contribution in [0.3, 0.4) is 0 Å². The summed E-state index contributed by atoms with van der Waals surface area (Å²) in [6.07, 6.45) is 2.18. The maximum absolute atomic E-state index is 6.12. The van der Waals surface area contributed by atoms with Crippen LogP contribution in [0.4, 0.5) is 0 Å². The van der Waals surface area contributed by atoms with E-state index in [4.69, 9.17) is 9.47 Å². The highest BCUT2D eigenvalue weighted by molar-refractivity contribution is 5.44. The summed E-state index contributed by atoms with van der Waals surface area (Å²) in [4.78, 5) is 0. The van der Waals surface area contributed by atoms with Crippen LogP contribution in [0.15, 0.2) is 48.5 Å². The first kappa shape index (κ1) is 20.4. The van der Waals surface area contributed by atoms with Crippen molar-refractivity contribution in [2.75, 3.05) is 13.2 Å². The van der Waals surface area contributed by atoms with Gasteiger partial charge in [0.1, 0.15) is 24.7 Å². The summed E-state index contributed by atoms with van der Waals surface area (Å²) < 4.78 is 11.9. The summed E-state index contributed by atoms with van der Waals surface area (Å²) in [5.74, 6) is 1.86. The molecular formula is C24H34O2. The van der Waals surface area contributed by atoms with Gasteiger partial charge in [0.15, 0.2) is 0 Å². The molecular weight excluding hydrogens is 320 g/mol. The molecule has 2 aromatic rings. The van der Waals surface area contributed by atoms with Gasteiger partial charge in [-0.15, -0.1) is 0 Å². The van der Waals surface area contributed by atoms with Crippen molar-refractivity contribution in [2.24, 2.45) is 0 Å². The third-order valence-corrected chi connectivity index (χ3v) is 5.61. The van der Waals surface area contributed by atoms with Crippen molar-refractivity contribution in [3.8, 4) is 11.5 Å². The van der Waals surface area contributed by atoms with Crippen LogP contribution in [0.5, 0.6) is 11.5 Å². The Balaban J connectivity index is 2.13. The summed E-state index contributed by atoms with van der Waals surface area (Å²) in [5.41, 5.74) is 2.92. The van der Waals surface area contributed by atoms with E-state index in [1.54, 1.807) is 0 Å². The Bertz CT molecular complexity index is 687. The van der Waals surface area contributed by atoms with Gasteiger partial charge in [0.25, 0.3) is 0 Å². The van der Waals surface area contributed by atoms with Crippen LogP contribution in [0.1, 0.15) is 65.5 Å². The molecule has 142 valence electrons. The molecule has 0 heterocycles. The zero-order chi connectivity index (χ0) is 19.2. The lowest BCUT2D eigenvalue weighted by atomic mass is 9.76. The van der Waals surface area contributed by atoms with Crippen LogP contribution in [-0.2, 0) is 10.8 Å². The first-order valence-electron chi connectivity index (χ1n) is 9.76. The first-order chi connectivity index (χ1) is 12.3. The van der Waals surface area contributed by atoms with Crippen molar-refractivity contribution >= 4 is 0 Å². The fraction of sp³-hybridized carbons (Fsp3) is 0.500. The maximum Gasteiger partial charge on any atom is 0.123 e. The van der Waals surface area contributed by atoms with Crippen LogP contribution < -0.4 is 9.47 Å². The van der Waals surface area contributed by atoms with Crippen LogP contribution in [0.2, 0.25) is 0 Å². The fourth-order valence-electron chi connectivity index (χ4n) is 2.83. The molecule has 0 N–H and O–H groups in total. The molecule has 0 bridgehead atoms. The molecule has 0 spiro atoms. The third-order valence-electron chi connectivity index (χ3n) is 5.61. The number of rotatable bonds is 9. The largest absolute Gasteiger partial charge is 0.490 e. The molecule has 0 fully saturated rings. The molecule has 0 aliphatic carbocycles. The monoisotopic (exact) mass is 354 g/mol. The SMILES string of the molecule is CCC(C)(C)c1ccc(OCCOc2ccccc2)c(C(C)(C)CC)c1. The van der Waals surface area contributed by atoms with Gasteiger partial charge in [-0.1, -0.05) is 71.9 Å². The summed E-state index contributed by atoms with van der Waals surface area (Å²) in [6.45, 7) is 14.8. The van der Waals surface area contributed by atoms with E-state index >= 15 is 0 Å². The molecule has 26 heavy (non-hydrogen) atoms. The second kappa shape index (κ2) is 8.62. The van der Waals surface area contributed by atoms with Crippen molar-refractivity contribution in [3.05, 3.63) is 59.7 Å². The molecule has 0 amide bonds. The highest BCUT2D eigenvalue weighted by atomic mass is 16.5. The van der Waals surface area contributed by atoms with E-state index in [1.165, 1.54) is 11.1 Å².